The minimum absolute atomic E-state index is 0.126. The number of piperidine rings is 1. The molecule has 1 heterocycles. The Kier molecular flexibility index (Phi) is 4.56. The van der Waals surface area contributed by atoms with Crippen LogP contribution in [0.5, 0.6) is 0 Å². The van der Waals surface area contributed by atoms with Crippen molar-refractivity contribution in [3.63, 3.8) is 0 Å². The highest BCUT2D eigenvalue weighted by Gasteiger charge is 2.37. The Morgan fingerprint density at radius 3 is 2.39 bits per heavy atom. The summed E-state index contributed by atoms with van der Waals surface area (Å²) in [4.78, 5) is 25.0. The molecule has 2 atom stereocenters. The highest BCUT2D eigenvalue weighted by Crippen LogP contribution is 2.20. The topological polar surface area (TPSA) is 81.9 Å². The largest absolute Gasteiger partial charge is 0.467 e. The first-order valence-corrected chi connectivity index (χ1v) is 6.07. The van der Waals surface area contributed by atoms with Crippen molar-refractivity contribution in [2.24, 2.45) is 5.73 Å². The molecule has 104 valence electrons. The molecular weight excluding hydrogens is 236 g/mol. The molecule has 0 aromatic heterocycles. The van der Waals surface area contributed by atoms with Gasteiger partial charge in [0.2, 0.25) is 0 Å². The molecule has 1 aliphatic rings. The van der Waals surface area contributed by atoms with Gasteiger partial charge in [0.15, 0.2) is 0 Å². The number of ether oxygens (including phenoxy) is 2. The number of hydrogen-bond donors (Lipinski definition) is 1. The molecule has 0 aromatic carbocycles. The van der Waals surface area contributed by atoms with Gasteiger partial charge in [-0.15, -0.1) is 0 Å². The van der Waals surface area contributed by atoms with Gasteiger partial charge in [-0.3, -0.25) is 4.90 Å². The molecule has 0 saturated carbocycles. The molecular formula is C12H22N2O4. The van der Waals surface area contributed by atoms with Crippen LogP contribution < -0.4 is 5.73 Å². The van der Waals surface area contributed by atoms with Crippen LogP contribution in [0, 0.1) is 0 Å². The molecule has 1 fully saturated rings. The van der Waals surface area contributed by atoms with Gasteiger partial charge in [-0.05, 0) is 33.6 Å². The van der Waals surface area contributed by atoms with Crippen LogP contribution in [0.15, 0.2) is 0 Å². The van der Waals surface area contributed by atoms with Crippen molar-refractivity contribution in [3.8, 4) is 0 Å². The first-order chi connectivity index (χ1) is 8.24. The number of nitrogens with zero attached hydrogens (tertiary/aromatic N) is 1. The lowest BCUT2D eigenvalue weighted by Crippen LogP contribution is -2.55. The van der Waals surface area contributed by atoms with Gasteiger partial charge in [-0.1, -0.05) is 0 Å². The van der Waals surface area contributed by atoms with E-state index in [2.05, 4.69) is 0 Å². The maximum atomic E-state index is 12.0. The lowest BCUT2D eigenvalue weighted by atomic mass is 9.99. The second-order valence-electron chi connectivity index (χ2n) is 5.51. The summed E-state index contributed by atoms with van der Waals surface area (Å²) >= 11 is 0. The summed E-state index contributed by atoms with van der Waals surface area (Å²) < 4.78 is 9.98. The van der Waals surface area contributed by atoms with Crippen molar-refractivity contribution >= 4 is 12.1 Å². The van der Waals surface area contributed by atoms with Crippen LogP contribution >= 0.6 is 0 Å². The molecule has 0 aromatic rings. The van der Waals surface area contributed by atoms with Crippen molar-refractivity contribution in [2.75, 3.05) is 13.7 Å². The van der Waals surface area contributed by atoms with Gasteiger partial charge < -0.3 is 15.2 Å². The number of nitrogens with two attached hydrogens (primary N) is 1. The molecule has 0 spiro atoms. The van der Waals surface area contributed by atoms with E-state index in [0.717, 1.165) is 0 Å². The van der Waals surface area contributed by atoms with Crippen LogP contribution in [0.2, 0.25) is 0 Å². The summed E-state index contributed by atoms with van der Waals surface area (Å²) in [6.07, 6.45) is 0.680. The lowest BCUT2D eigenvalue weighted by Gasteiger charge is -2.37. The Balaban J connectivity index is 2.78. The maximum Gasteiger partial charge on any atom is 0.411 e. The van der Waals surface area contributed by atoms with Crippen LogP contribution in [0.4, 0.5) is 4.79 Å². The second kappa shape index (κ2) is 5.56. The fraction of sp³-hybridized carbons (Fsp3) is 0.833. The van der Waals surface area contributed by atoms with Crippen LogP contribution in [-0.2, 0) is 14.3 Å². The molecule has 0 unspecified atom stereocenters. The Hall–Kier alpha value is -1.30. The second-order valence-corrected chi connectivity index (χ2v) is 5.51. The number of esters is 1. The number of carbonyl (C=O) groups excluding carboxylic acids is 2. The summed E-state index contributed by atoms with van der Waals surface area (Å²) in [6, 6.07) is -0.719. The quantitative estimate of drug-likeness (QED) is 0.706. The monoisotopic (exact) mass is 258 g/mol. The fourth-order valence-corrected chi connectivity index (χ4v) is 1.90. The van der Waals surface area contributed by atoms with Crippen LogP contribution in [-0.4, -0.2) is 48.3 Å². The van der Waals surface area contributed by atoms with E-state index in [4.69, 9.17) is 15.2 Å². The van der Waals surface area contributed by atoms with E-state index < -0.39 is 23.7 Å². The molecule has 0 radical (unpaired) electrons. The number of carbonyl (C=O) groups is 2. The molecule has 18 heavy (non-hydrogen) atoms. The van der Waals surface area contributed by atoms with E-state index in [1.54, 1.807) is 20.8 Å². The van der Waals surface area contributed by atoms with Crippen molar-refractivity contribution in [1.29, 1.82) is 0 Å². The van der Waals surface area contributed by atoms with Gasteiger partial charge in [-0.2, -0.15) is 0 Å². The Labute approximate surface area is 107 Å². The Morgan fingerprint density at radius 2 is 1.89 bits per heavy atom. The summed E-state index contributed by atoms with van der Waals surface area (Å²) in [6.45, 7) is 5.65. The maximum absolute atomic E-state index is 12.0. The van der Waals surface area contributed by atoms with Gasteiger partial charge in [-0.25, -0.2) is 9.59 Å². The minimum atomic E-state index is -0.598. The normalized spacial score (nSPS) is 24.6. The van der Waals surface area contributed by atoms with Crippen molar-refractivity contribution in [2.45, 2.75) is 51.3 Å². The van der Waals surface area contributed by atoms with E-state index in [-0.39, 0.29) is 6.04 Å². The zero-order valence-corrected chi connectivity index (χ0v) is 11.4. The SMILES string of the molecule is COC(=O)[C@@H]1CC[C@H](N)CN1C(=O)OC(C)(C)C. The molecule has 2 N–H and O–H groups in total. The number of likely N-dealkylation sites (tertiary alicyclic amines) is 1. The average Bonchev–Trinajstić information content (AvgIpc) is 2.25. The van der Waals surface area contributed by atoms with Crippen molar-refractivity contribution in [3.05, 3.63) is 0 Å². The molecule has 1 rings (SSSR count). The van der Waals surface area contributed by atoms with Gasteiger partial charge in [0.05, 0.1) is 7.11 Å². The van der Waals surface area contributed by atoms with Crippen LogP contribution in [0.1, 0.15) is 33.6 Å². The van der Waals surface area contributed by atoms with Gasteiger partial charge in [0, 0.05) is 12.6 Å². The zero-order valence-electron chi connectivity index (χ0n) is 11.4. The smallest absolute Gasteiger partial charge is 0.411 e. The molecule has 1 amide bonds. The molecule has 0 aliphatic carbocycles. The van der Waals surface area contributed by atoms with Crippen molar-refractivity contribution in [1.82, 2.24) is 4.90 Å². The first-order valence-electron chi connectivity index (χ1n) is 6.07. The number of hydrogen-bond acceptors (Lipinski definition) is 5. The minimum Gasteiger partial charge on any atom is -0.467 e. The number of rotatable bonds is 1. The highest BCUT2D eigenvalue weighted by molar-refractivity contribution is 5.81. The summed E-state index contributed by atoms with van der Waals surface area (Å²) in [5, 5.41) is 0. The third kappa shape index (κ3) is 3.87. The summed E-state index contributed by atoms with van der Waals surface area (Å²) in [5.41, 5.74) is 5.23. The molecule has 1 saturated heterocycles. The summed E-state index contributed by atoms with van der Waals surface area (Å²) in [7, 11) is 1.31. The van der Waals surface area contributed by atoms with Crippen LogP contribution in [0.3, 0.4) is 0 Å². The predicted octanol–water partition coefficient (Wildman–Crippen LogP) is 0.886. The first kappa shape index (κ1) is 14.8. The van der Waals surface area contributed by atoms with Gasteiger partial charge in [0.25, 0.3) is 0 Å². The van der Waals surface area contributed by atoms with Gasteiger partial charge >= 0.3 is 12.1 Å². The van der Waals surface area contributed by atoms with E-state index in [1.807, 2.05) is 0 Å². The Bertz CT molecular complexity index is 325. The predicted molar refractivity (Wildman–Crippen MR) is 66.0 cm³/mol. The molecule has 6 heteroatoms. The third-order valence-corrected chi connectivity index (χ3v) is 2.72. The third-order valence-electron chi connectivity index (χ3n) is 2.72. The molecule has 1 aliphatic heterocycles. The zero-order chi connectivity index (χ0) is 13.9. The average molecular weight is 258 g/mol. The summed E-state index contributed by atoms with van der Waals surface area (Å²) in [5.74, 6) is -0.423. The van der Waals surface area contributed by atoms with Crippen molar-refractivity contribution < 1.29 is 19.1 Å². The van der Waals surface area contributed by atoms with E-state index in [9.17, 15) is 9.59 Å². The van der Waals surface area contributed by atoms with E-state index in [1.165, 1.54) is 12.0 Å². The molecule has 6 nitrogen and oxygen atoms in total. The number of methoxy groups -OCH3 is 1. The molecule has 0 bridgehead atoms. The highest BCUT2D eigenvalue weighted by atomic mass is 16.6. The van der Waals surface area contributed by atoms with Crippen LogP contribution in [0.25, 0.3) is 0 Å². The number of amides is 1. The Morgan fingerprint density at radius 1 is 1.28 bits per heavy atom. The lowest BCUT2D eigenvalue weighted by molar-refractivity contribution is -0.148. The van der Waals surface area contributed by atoms with Gasteiger partial charge in [0.1, 0.15) is 11.6 Å². The fourth-order valence-electron chi connectivity index (χ4n) is 1.90. The van der Waals surface area contributed by atoms with E-state index in [0.29, 0.717) is 19.4 Å². The standard InChI is InChI=1S/C12H22N2O4/c1-12(2,3)18-11(16)14-7-8(13)5-6-9(14)10(15)17-4/h8-9H,5-7,13H2,1-4H3/t8-,9-/m0/s1. The van der Waals surface area contributed by atoms with E-state index >= 15 is 0 Å².